The molecule has 1 unspecified atom stereocenters. The van der Waals surface area contributed by atoms with Gasteiger partial charge in [0.1, 0.15) is 0 Å². The van der Waals surface area contributed by atoms with Crippen molar-refractivity contribution < 1.29 is 0 Å². The molecule has 0 aliphatic carbocycles. The van der Waals surface area contributed by atoms with Crippen molar-refractivity contribution in [3.05, 3.63) is 0 Å². The zero-order chi connectivity index (χ0) is 10.9. The maximum Gasteiger partial charge on any atom is 0.0358 e. The first kappa shape index (κ1) is 11.4. The Morgan fingerprint density at radius 3 is 2.40 bits per heavy atom. The van der Waals surface area contributed by atoms with Crippen molar-refractivity contribution in [2.45, 2.75) is 44.2 Å². The first-order chi connectivity index (χ1) is 7.18. The molecule has 15 heavy (non-hydrogen) atoms. The molecule has 3 nitrogen and oxygen atoms in total. The Morgan fingerprint density at radius 1 is 1.27 bits per heavy atom. The van der Waals surface area contributed by atoms with Crippen molar-refractivity contribution in [1.29, 1.82) is 0 Å². The van der Waals surface area contributed by atoms with E-state index in [9.17, 15) is 0 Å². The number of hydrogen-bond acceptors (Lipinski definition) is 3. The third-order valence-electron chi connectivity index (χ3n) is 4.46. The molecular weight excluding hydrogens is 186 g/mol. The Morgan fingerprint density at radius 2 is 1.93 bits per heavy atom. The molecule has 0 amide bonds. The van der Waals surface area contributed by atoms with Crippen LogP contribution in [0.3, 0.4) is 0 Å². The summed E-state index contributed by atoms with van der Waals surface area (Å²) >= 11 is 0. The summed E-state index contributed by atoms with van der Waals surface area (Å²) in [6.45, 7) is 6.89. The van der Waals surface area contributed by atoms with Crippen molar-refractivity contribution in [2.75, 3.05) is 33.2 Å². The normalized spacial score (nSPS) is 33.4. The van der Waals surface area contributed by atoms with Crippen LogP contribution < -0.4 is 5.73 Å². The molecule has 0 radical (unpaired) electrons. The summed E-state index contributed by atoms with van der Waals surface area (Å²) in [5, 5.41) is 0. The van der Waals surface area contributed by atoms with E-state index in [1.54, 1.807) is 0 Å². The average Bonchev–Trinajstić information content (AvgIpc) is 2.67. The zero-order valence-corrected chi connectivity index (χ0v) is 10.2. The molecule has 88 valence electrons. The van der Waals surface area contributed by atoms with Gasteiger partial charge in [-0.2, -0.15) is 0 Å². The molecule has 0 spiro atoms. The van der Waals surface area contributed by atoms with Crippen LogP contribution in [0.25, 0.3) is 0 Å². The second-order valence-electron chi connectivity index (χ2n) is 5.42. The van der Waals surface area contributed by atoms with Gasteiger partial charge in [0.25, 0.3) is 0 Å². The molecule has 2 fully saturated rings. The van der Waals surface area contributed by atoms with Gasteiger partial charge in [-0.15, -0.1) is 0 Å². The lowest BCUT2D eigenvalue weighted by Gasteiger charge is -2.48. The Kier molecular flexibility index (Phi) is 3.33. The third kappa shape index (κ3) is 2.05. The van der Waals surface area contributed by atoms with E-state index in [0.29, 0.717) is 5.54 Å². The van der Waals surface area contributed by atoms with Crippen LogP contribution in [-0.4, -0.2) is 54.6 Å². The second kappa shape index (κ2) is 4.40. The summed E-state index contributed by atoms with van der Waals surface area (Å²) in [7, 11) is 2.22. The van der Waals surface area contributed by atoms with Gasteiger partial charge in [-0.3, -0.25) is 4.90 Å². The van der Waals surface area contributed by atoms with Gasteiger partial charge in [-0.1, -0.05) is 0 Å². The Hall–Kier alpha value is -0.120. The zero-order valence-electron chi connectivity index (χ0n) is 10.2. The minimum atomic E-state index is 0.322. The summed E-state index contributed by atoms with van der Waals surface area (Å²) in [6, 6.07) is 0.747. The monoisotopic (exact) mass is 211 g/mol. The van der Waals surface area contributed by atoms with E-state index in [-0.39, 0.29) is 0 Å². The van der Waals surface area contributed by atoms with Crippen LogP contribution in [0.1, 0.15) is 32.6 Å². The second-order valence-corrected chi connectivity index (χ2v) is 5.42. The first-order valence-electron chi connectivity index (χ1n) is 6.33. The lowest BCUT2D eigenvalue weighted by atomic mass is 9.85. The van der Waals surface area contributed by atoms with Gasteiger partial charge < -0.3 is 10.6 Å². The molecule has 0 bridgehead atoms. The molecule has 3 heteroatoms. The highest BCUT2D eigenvalue weighted by molar-refractivity contribution is 4.99. The van der Waals surface area contributed by atoms with Crippen LogP contribution in [0.2, 0.25) is 0 Å². The molecule has 2 heterocycles. The standard InChI is InChI=1S/C12H25N3/c1-11-4-3-7-15(11)12(10-13)5-8-14(2)9-6-12/h11H,3-10,13H2,1-2H3. The fraction of sp³-hybridized carbons (Fsp3) is 1.00. The number of piperidine rings is 1. The quantitative estimate of drug-likeness (QED) is 0.736. The summed E-state index contributed by atoms with van der Waals surface area (Å²) < 4.78 is 0. The van der Waals surface area contributed by atoms with Crippen LogP contribution in [0, 0.1) is 0 Å². The fourth-order valence-corrected chi connectivity index (χ4v) is 3.28. The molecule has 0 aromatic heterocycles. The summed E-state index contributed by atoms with van der Waals surface area (Å²) in [5.41, 5.74) is 6.39. The number of likely N-dealkylation sites (tertiary alicyclic amines) is 2. The predicted octanol–water partition coefficient (Wildman–Crippen LogP) is 0.894. The van der Waals surface area contributed by atoms with E-state index in [0.717, 1.165) is 12.6 Å². The van der Waals surface area contributed by atoms with Crippen molar-refractivity contribution in [2.24, 2.45) is 5.73 Å². The van der Waals surface area contributed by atoms with Gasteiger partial charge in [-0.25, -0.2) is 0 Å². The number of nitrogens with two attached hydrogens (primary N) is 1. The Bertz CT molecular complexity index is 209. The topological polar surface area (TPSA) is 32.5 Å². The average molecular weight is 211 g/mol. The summed E-state index contributed by atoms with van der Waals surface area (Å²) in [4.78, 5) is 5.12. The molecule has 0 aromatic carbocycles. The fourth-order valence-electron chi connectivity index (χ4n) is 3.28. The van der Waals surface area contributed by atoms with Gasteiger partial charge in [0, 0.05) is 18.1 Å². The number of hydrogen-bond donors (Lipinski definition) is 1. The highest BCUT2D eigenvalue weighted by atomic mass is 15.3. The van der Waals surface area contributed by atoms with E-state index >= 15 is 0 Å². The molecular formula is C12H25N3. The molecule has 2 aliphatic rings. The maximum atomic E-state index is 6.07. The van der Waals surface area contributed by atoms with Crippen LogP contribution >= 0.6 is 0 Å². The largest absolute Gasteiger partial charge is 0.329 e. The maximum absolute atomic E-state index is 6.07. The van der Waals surface area contributed by atoms with E-state index in [2.05, 4.69) is 23.8 Å². The minimum absolute atomic E-state index is 0.322. The van der Waals surface area contributed by atoms with Gasteiger partial charge in [0.05, 0.1) is 0 Å². The van der Waals surface area contributed by atoms with Crippen molar-refractivity contribution in [3.8, 4) is 0 Å². The number of nitrogens with zero attached hydrogens (tertiary/aromatic N) is 2. The first-order valence-corrected chi connectivity index (χ1v) is 6.33. The molecule has 2 saturated heterocycles. The minimum Gasteiger partial charge on any atom is -0.329 e. The molecule has 0 saturated carbocycles. The highest BCUT2D eigenvalue weighted by Crippen LogP contribution is 2.33. The van der Waals surface area contributed by atoms with E-state index in [1.165, 1.54) is 45.3 Å². The molecule has 2 N–H and O–H groups in total. The van der Waals surface area contributed by atoms with E-state index in [1.807, 2.05) is 0 Å². The van der Waals surface area contributed by atoms with Crippen molar-refractivity contribution >= 4 is 0 Å². The summed E-state index contributed by atoms with van der Waals surface area (Å²) in [5.74, 6) is 0. The van der Waals surface area contributed by atoms with Crippen LogP contribution in [-0.2, 0) is 0 Å². The Labute approximate surface area is 93.6 Å². The molecule has 2 aliphatic heterocycles. The Balaban J connectivity index is 2.07. The van der Waals surface area contributed by atoms with Crippen molar-refractivity contribution in [1.82, 2.24) is 9.80 Å². The molecule has 2 rings (SSSR count). The van der Waals surface area contributed by atoms with Gasteiger partial charge in [-0.05, 0) is 59.3 Å². The van der Waals surface area contributed by atoms with Gasteiger partial charge in [0.15, 0.2) is 0 Å². The van der Waals surface area contributed by atoms with Gasteiger partial charge in [0.2, 0.25) is 0 Å². The van der Waals surface area contributed by atoms with E-state index < -0.39 is 0 Å². The smallest absolute Gasteiger partial charge is 0.0358 e. The molecule has 1 atom stereocenters. The number of rotatable bonds is 2. The van der Waals surface area contributed by atoms with Crippen LogP contribution in [0.15, 0.2) is 0 Å². The SMILES string of the molecule is CC1CCCN1C1(CN)CCN(C)CC1. The third-order valence-corrected chi connectivity index (χ3v) is 4.46. The lowest BCUT2D eigenvalue weighted by Crippen LogP contribution is -2.59. The van der Waals surface area contributed by atoms with E-state index in [4.69, 9.17) is 5.73 Å². The molecule has 0 aromatic rings. The van der Waals surface area contributed by atoms with Crippen LogP contribution in [0.5, 0.6) is 0 Å². The predicted molar refractivity (Wildman–Crippen MR) is 63.9 cm³/mol. The highest BCUT2D eigenvalue weighted by Gasteiger charge is 2.41. The lowest BCUT2D eigenvalue weighted by molar-refractivity contribution is 0.0290. The van der Waals surface area contributed by atoms with Gasteiger partial charge >= 0.3 is 0 Å². The van der Waals surface area contributed by atoms with Crippen LogP contribution in [0.4, 0.5) is 0 Å². The summed E-state index contributed by atoms with van der Waals surface area (Å²) in [6.07, 6.45) is 5.23. The van der Waals surface area contributed by atoms with Crippen molar-refractivity contribution in [3.63, 3.8) is 0 Å².